The van der Waals surface area contributed by atoms with Crippen LogP contribution in [-0.4, -0.2) is 10.1 Å². The molecule has 0 aliphatic heterocycles. The lowest BCUT2D eigenvalue weighted by Crippen LogP contribution is -1.86. The second-order valence-corrected chi connectivity index (χ2v) is 3.92. The molecule has 84 valence electrons. The molecule has 0 spiro atoms. The number of aromatic amines is 1. The smallest absolute Gasteiger partial charge is 0.314 e. The zero-order chi connectivity index (χ0) is 11.8. The Morgan fingerprint density at radius 2 is 1.88 bits per heavy atom. The summed E-state index contributed by atoms with van der Waals surface area (Å²) in [5.74, 6) is 0.248. The Labute approximate surface area is 101 Å². The van der Waals surface area contributed by atoms with Crippen molar-refractivity contribution in [3.63, 3.8) is 0 Å². The van der Waals surface area contributed by atoms with Gasteiger partial charge in [0, 0.05) is 10.9 Å². The minimum atomic E-state index is -0.258. The highest BCUT2D eigenvalue weighted by Gasteiger charge is 2.09. The fraction of sp³-hybridized carbons (Fsp3) is 0. The van der Waals surface area contributed by atoms with Gasteiger partial charge in [-0.25, -0.2) is 9.55 Å². The number of nitrogens with zero attached hydrogens (tertiary/aromatic N) is 1. The highest BCUT2D eigenvalue weighted by Crippen LogP contribution is 2.27. The van der Waals surface area contributed by atoms with Crippen LogP contribution in [0.4, 0.5) is 4.39 Å². The van der Waals surface area contributed by atoms with Crippen LogP contribution >= 0.6 is 12.2 Å². The summed E-state index contributed by atoms with van der Waals surface area (Å²) in [5, 5.41) is 3.94. The van der Waals surface area contributed by atoms with Crippen LogP contribution < -0.4 is 0 Å². The van der Waals surface area contributed by atoms with Crippen LogP contribution in [0.3, 0.4) is 0 Å². The molecule has 0 aliphatic rings. The van der Waals surface area contributed by atoms with Gasteiger partial charge >= 0.3 is 4.84 Å². The normalized spacial score (nSPS) is 10.9. The summed E-state index contributed by atoms with van der Waals surface area (Å²) in [6.07, 6.45) is 0. The molecule has 0 amide bonds. The number of hydrogen-bond donors (Lipinski definition) is 1. The summed E-state index contributed by atoms with van der Waals surface area (Å²) in [6.45, 7) is 0. The number of aromatic nitrogens is 2. The fourth-order valence-electron chi connectivity index (χ4n) is 1.81. The van der Waals surface area contributed by atoms with Gasteiger partial charge in [0.15, 0.2) is 5.82 Å². The number of fused-ring (bicyclic) bond motifs is 1. The molecule has 0 saturated heterocycles. The Kier molecular flexibility index (Phi) is 2.26. The van der Waals surface area contributed by atoms with Crippen molar-refractivity contribution >= 4 is 23.0 Å². The third-order valence-corrected chi connectivity index (χ3v) is 2.74. The van der Waals surface area contributed by atoms with Crippen LogP contribution in [0.25, 0.3) is 22.2 Å². The molecule has 0 saturated carbocycles. The molecule has 0 atom stereocenters. The van der Waals surface area contributed by atoms with Crippen LogP contribution in [0.15, 0.2) is 40.9 Å². The van der Waals surface area contributed by atoms with Gasteiger partial charge in [-0.2, -0.15) is 4.98 Å². The number of halogens is 1. The topological polar surface area (TPSA) is 41.8 Å². The number of hydrogen-bond acceptors (Lipinski definition) is 3. The van der Waals surface area contributed by atoms with Crippen molar-refractivity contribution in [1.82, 2.24) is 10.1 Å². The molecule has 0 fully saturated rings. The van der Waals surface area contributed by atoms with E-state index >= 15 is 0 Å². The summed E-state index contributed by atoms with van der Waals surface area (Å²) in [4.78, 5) is 4.16. The van der Waals surface area contributed by atoms with E-state index in [1.54, 1.807) is 18.2 Å². The summed E-state index contributed by atoms with van der Waals surface area (Å²) in [7, 11) is 0. The van der Waals surface area contributed by atoms with Gasteiger partial charge in [0.1, 0.15) is 5.82 Å². The molecule has 0 bridgehead atoms. The number of nitrogens with one attached hydrogen (secondary N) is 1. The maximum Gasteiger partial charge on any atom is 0.314 e. The van der Waals surface area contributed by atoms with E-state index in [2.05, 4.69) is 10.1 Å². The van der Waals surface area contributed by atoms with E-state index in [0.717, 1.165) is 10.9 Å². The van der Waals surface area contributed by atoms with Crippen molar-refractivity contribution in [1.29, 1.82) is 0 Å². The molecule has 0 unspecified atom stereocenters. The van der Waals surface area contributed by atoms with Crippen molar-refractivity contribution in [3.05, 3.63) is 47.1 Å². The van der Waals surface area contributed by atoms with Crippen molar-refractivity contribution in [2.45, 2.75) is 0 Å². The maximum atomic E-state index is 13.6. The van der Waals surface area contributed by atoms with E-state index in [-0.39, 0.29) is 10.7 Å². The molecule has 17 heavy (non-hydrogen) atoms. The molecule has 1 N–H and O–H groups in total. The average molecular weight is 246 g/mol. The highest BCUT2D eigenvalue weighted by molar-refractivity contribution is 7.71. The molecule has 0 radical (unpaired) electrons. The van der Waals surface area contributed by atoms with Gasteiger partial charge in [0.2, 0.25) is 0 Å². The molecule has 3 aromatic rings. The molecule has 3 nitrogen and oxygen atoms in total. The zero-order valence-corrected chi connectivity index (χ0v) is 9.42. The summed E-state index contributed by atoms with van der Waals surface area (Å²) >= 11 is 4.80. The Hall–Kier alpha value is -2.01. The monoisotopic (exact) mass is 246 g/mol. The summed E-state index contributed by atoms with van der Waals surface area (Å²) in [5.41, 5.74) is 0.766. The molecular weight excluding hydrogens is 239 g/mol. The predicted octanol–water partition coefficient (Wildman–Crippen LogP) is 3.69. The Balaban J connectivity index is 2.38. The molecule has 1 heterocycles. The van der Waals surface area contributed by atoms with E-state index in [0.29, 0.717) is 11.2 Å². The Morgan fingerprint density at radius 3 is 2.59 bits per heavy atom. The van der Waals surface area contributed by atoms with E-state index in [4.69, 9.17) is 16.7 Å². The Bertz CT molecular complexity index is 747. The second kappa shape index (κ2) is 3.78. The third kappa shape index (κ3) is 1.64. The van der Waals surface area contributed by atoms with Gasteiger partial charge < -0.3 is 4.52 Å². The van der Waals surface area contributed by atoms with E-state index in [9.17, 15) is 4.39 Å². The first-order valence-electron chi connectivity index (χ1n) is 4.99. The van der Waals surface area contributed by atoms with Crippen LogP contribution in [0.2, 0.25) is 0 Å². The lowest BCUT2D eigenvalue weighted by molar-refractivity contribution is 0.406. The average Bonchev–Trinajstić information content (AvgIpc) is 2.77. The molecule has 2 aromatic carbocycles. The predicted molar refractivity (Wildman–Crippen MR) is 64.6 cm³/mol. The quantitative estimate of drug-likeness (QED) is 0.666. The molecule has 1 aromatic heterocycles. The minimum absolute atomic E-state index is 0.133. The maximum absolute atomic E-state index is 13.6. The SMILES string of the molecule is Fc1ccc(-c2nc(=S)o[nH]2)c2ccccc12. The van der Waals surface area contributed by atoms with E-state index < -0.39 is 0 Å². The van der Waals surface area contributed by atoms with E-state index in [1.165, 1.54) is 6.07 Å². The standard InChI is InChI=1S/C12H7FN2OS/c13-10-6-5-9(11-14-12(17)16-15-11)7-3-1-2-4-8(7)10/h1-6H,(H,14,15,17). The molecule has 3 rings (SSSR count). The van der Waals surface area contributed by atoms with Gasteiger partial charge in [-0.1, -0.05) is 24.3 Å². The number of H-pyrrole nitrogens is 1. The lowest BCUT2D eigenvalue weighted by atomic mass is 10.0. The molecular formula is C12H7FN2OS. The van der Waals surface area contributed by atoms with E-state index in [1.807, 2.05) is 12.1 Å². The molecule has 5 heteroatoms. The number of benzene rings is 2. The van der Waals surface area contributed by atoms with Crippen molar-refractivity contribution in [2.75, 3.05) is 0 Å². The van der Waals surface area contributed by atoms with Crippen molar-refractivity contribution in [3.8, 4) is 11.4 Å². The van der Waals surface area contributed by atoms with Crippen LogP contribution in [0, 0.1) is 10.7 Å². The van der Waals surface area contributed by atoms with Crippen LogP contribution in [-0.2, 0) is 0 Å². The van der Waals surface area contributed by atoms with Gasteiger partial charge in [0.05, 0.1) is 0 Å². The first-order valence-corrected chi connectivity index (χ1v) is 5.39. The fourth-order valence-corrected chi connectivity index (χ4v) is 1.95. The zero-order valence-electron chi connectivity index (χ0n) is 8.61. The second-order valence-electron chi connectivity index (χ2n) is 3.57. The largest absolute Gasteiger partial charge is 0.348 e. The van der Waals surface area contributed by atoms with Gasteiger partial charge in [-0.05, 0) is 29.7 Å². The van der Waals surface area contributed by atoms with Gasteiger partial charge in [0.25, 0.3) is 0 Å². The van der Waals surface area contributed by atoms with Crippen molar-refractivity contribution < 1.29 is 8.91 Å². The minimum Gasteiger partial charge on any atom is -0.348 e. The summed E-state index contributed by atoms with van der Waals surface area (Å²) < 4.78 is 18.5. The first kappa shape index (κ1) is 10.2. The Morgan fingerprint density at radius 1 is 1.12 bits per heavy atom. The van der Waals surface area contributed by atoms with Gasteiger partial charge in [-0.15, -0.1) is 0 Å². The third-order valence-electron chi connectivity index (χ3n) is 2.56. The van der Waals surface area contributed by atoms with Crippen molar-refractivity contribution in [2.24, 2.45) is 0 Å². The lowest BCUT2D eigenvalue weighted by Gasteiger charge is -2.03. The highest BCUT2D eigenvalue weighted by atomic mass is 32.1. The van der Waals surface area contributed by atoms with Crippen LogP contribution in [0.1, 0.15) is 0 Å². The number of rotatable bonds is 1. The molecule has 0 aliphatic carbocycles. The summed E-state index contributed by atoms with van der Waals surface area (Å²) in [6, 6.07) is 10.3. The first-order chi connectivity index (χ1) is 8.25. The van der Waals surface area contributed by atoms with Crippen LogP contribution in [0.5, 0.6) is 0 Å². The van der Waals surface area contributed by atoms with Gasteiger partial charge in [-0.3, -0.25) is 0 Å².